The molecule has 4 aromatic rings. The molecule has 0 bridgehead atoms. The molecule has 3 heterocycles. The average molecular weight is 467 g/mol. The van der Waals surface area contributed by atoms with Gasteiger partial charge in [-0.15, -0.1) is 11.3 Å². The molecule has 0 aliphatic heterocycles. The number of fused-ring (bicyclic) bond motifs is 3. The molecule has 164 valence electrons. The summed E-state index contributed by atoms with van der Waals surface area (Å²) in [6.07, 6.45) is 4.22. The van der Waals surface area contributed by atoms with Gasteiger partial charge in [0.25, 0.3) is 5.56 Å². The Morgan fingerprint density at radius 2 is 1.97 bits per heavy atom. The third kappa shape index (κ3) is 3.67. The number of thioether (sulfide) groups is 1. The van der Waals surface area contributed by atoms with Crippen LogP contribution in [0.5, 0.6) is 0 Å². The van der Waals surface area contributed by atoms with Crippen LogP contribution in [0, 0.1) is 0 Å². The summed E-state index contributed by atoms with van der Waals surface area (Å²) in [5.74, 6) is 0.262. The largest absolute Gasteiger partial charge is 0.463 e. The van der Waals surface area contributed by atoms with E-state index in [0.29, 0.717) is 10.9 Å². The predicted molar refractivity (Wildman–Crippen MR) is 126 cm³/mol. The molecule has 0 amide bonds. The second-order valence-corrected chi connectivity index (χ2v) is 10.1. The highest BCUT2D eigenvalue weighted by Gasteiger charge is 2.25. The first-order valence-electron chi connectivity index (χ1n) is 10.5. The summed E-state index contributed by atoms with van der Waals surface area (Å²) in [5, 5.41) is 1.20. The van der Waals surface area contributed by atoms with Crippen LogP contribution in [0.2, 0.25) is 0 Å². The van der Waals surface area contributed by atoms with Crippen molar-refractivity contribution in [2.75, 3.05) is 7.11 Å². The third-order valence-corrected chi connectivity index (χ3v) is 7.92. The molecule has 1 aliphatic rings. The maximum absolute atomic E-state index is 13.8. The lowest BCUT2D eigenvalue weighted by Gasteiger charge is -2.15. The Balaban J connectivity index is 1.62. The lowest BCUT2D eigenvalue weighted by atomic mass is 9.97. The Morgan fingerprint density at radius 3 is 2.75 bits per heavy atom. The smallest absolute Gasteiger partial charge is 0.373 e. The third-order valence-electron chi connectivity index (χ3n) is 5.67. The van der Waals surface area contributed by atoms with Gasteiger partial charge >= 0.3 is 5.97 Å². The first-order chi connectivity index (χ1) is 15.6. The molecule has 0 saturated carbocycles. The van der Waals surface area contributed by atoms with Gasteiger partial charge in [0.05, 0.1) is 23.4 Å². The monoisotopic (exact) mass is 466 g/mol. The highest BCUT2D eigenvalue weighted by molar-refractivity contribution is 7.99. The summed E-state index contributed by atoms with van der Waals surface area (Å²) in [6, 6.07) is 13.0. The topological polar surface area (TPSA) is 74.3 Å². The van der Waals surface area contributed by atoms with Crippen LogP contribution in [-0.2, 0) is 17.6 Å². The van der Waals surface area contributed by atoms with Crippen LogP contribution in [0.25, 0.3) is 15.9 Å². The van der Waals surface area contributed by atoms with Crippen molar-refractivity contribution >= 4 is 39.3 Å². The van der Waals surface area contributed by atoms with Crippen LogP contribution in [0.3, 0.4) is 0 Å². The summed E-state index contributed by atoms with van der Waals surface area (Å²) in [5.41, 5.74) is 1.94. The predicted octanol–water partition coefficient (Wildman–Crippen LogP) is 5.56. The number of aryl methyl sites for hydroxylation is 2. The number of methoxy groups -OCH3 is 1. The highest BCUT2D eigenvalue weighted by atomic mass is 32.2. The van der Waals surface area contributed by atoms with Crippen molar-refractivity contribution in [3.05, 3.63) is 74.8 Å². The second-order valence-electron chi connectivity index (χ2n) is 7.72. The molecule has 32 heavy (non-hydrogen) atoms. The van der Waals surface area contributed by atoms with E-state index in [2.05, 4.69) is 0 Å². The van der Waals surface area contributed by atoms with Crippen molar-refractivity contribution in [2.45, 2.75) is 43.0 Å². The van der Waals surface area contributed by atoms with Crippen LogP contribution in [-0.4, -0.2) is 22.6 Å². The Labute approximate surface area is 193 Å². The zero-order valence-electron chi connectivity index (χ0n) is 17.8. The standard InChI is InChI=1S/C24H22N2O4S2/c1-14(17-12-13-18(30-17)23(28)29-2)31-24-25-21-20(16-10-6-7-11-19(16)32-21)22(27)26(24)15-8-4-3-5-9-15/h3-5,8-9,12-14H,6-7,10-11H2,1-2H3. The molecule has 5 rings (SSSR count). The first kappa shape index (κ1) is 21.0. The first-order valence-corrected chi connectivity index (χ1v) is 12.2. The van der Waals surface area contributed by atoms with E-state index in [1.54, 1.807) is 28.0 Å². The SMILES string of the molecule is COC(=O)c1ccc(C(C)Sc2nc3sc4c(c3c(=O)n2-c2ccccc2)CCCC4)o1. The van der Waals surface area contributed by atoms with E-state index < -0.39 is 5.97 Å². The van der Waals surface area contributed by atoms with E-state index in [-0.39, 0.29) is 16.6 Å². The second kappa shape index (κ2) is 8.60. The van der Waals surface area contributed by atoms with Gasteiger partial charge in [-0.3, -0.25) is 9.36 Å². The molecule has 1 aliphatic carbocycles. The van der Waals surface area contributed by atoms with Crippen LogP contribution in [0.1, 0.15) is 51.8 Å². The molecule has 0 saturated heterocycles. The van der Waals surface area contributed by atoms with Gasteiger partial charge in [-0.05, 0) is 62.4 Å². The molecular weight excluding hydrogens is 444 g/mol. The number of furan rings is 1. The minimum absolute atomic E-state index is 0.0232. The number of carbonyl (C=O) groups is 1. The van der Waals surface area contributed by atoms with Crippen molar-refractivity contribution in [2.24, 2.45) is 0 Å². The molecule has 0 radical (unpaired) electrons. The zero-order chi connectivity index (χ0) is 22.2. The van der Waals surface area contributed by atoms with E-state index in [4.69, 9.17) is 14.1 Å². The minimum Gasteiger partial charge on any atom is -0.463 e. The number of hydrogen-bond donors (Lipinski definition) is 0. The van der Waals surface area contributed by atoms with Gasteiger partial charge in [0, 0.05) is 4.88 Å². The molecule has 0 spiro atoms. The van der Waals surface area contributed by atoms with Gasteiger partial charge in [-0.1, -0.05) is 30.0 Å². The van der Waals surface area contributed by atoms with Crippen LogP contribution >= 0.6 is 23.1 Å². The Kier molecular flexibility index (Phi) is 5.65. The number of aromatic nitrogens is 2. The quantitative estimate of drug-likeness (QED) is 0.218. The number of carbonyl (C=O) groups excluding carboxylic acids is 1. The lowest BCUT2D eigenvalue weighted by molar-refractivity contribution is 0.0563. The van der Waals surface area contributed by atoms with Crippen molar-refractivity contribution in [1.82, 2.24) is 9.55 Å². The number of para-hydroxylation sites is 1. The Morgan fingerprint density at radius 1 is 1.19 bits per heavy atom. The van der Waals surface area contributed by atoms with E-state index in [1.807, 2.05) is 37.3 Å². The summed E-state index contributed by atoms with van der Waals surface area (Å²) in [4.78, 5) is 32.6. The van der Waals surface area contributed by atoms with E-state index >= 15 is 0 Å². The molecule has 1 atom stereocenters. The Bertz CT molecular complexity index is 1350. The fourth-order valence-electron chi connectivity index (χ4n) is 4.07. The summed E-state index contributed by atoms with van der Waals surface area (Å²) < 4.78 is 12.1. The number of rotatable bonds is 5. The number of esters is 1. The number of hydrogen-bond acceptors (Lipinski definition) is 7. The van der Waals surface area contributed by atoms with Crippen LogP contribution in [0.4, 0.5) is 0 Å². The maximum Gasteiger partial charge on any atom is 0.373 e. The molecule has 6 nitrogen and oxygen atoms in total. The Hall–Kier alpha value is -2.84. The summed E-state index contributed by atoms with van der Waals surface area (Å²) in [7, 11) is 1.32. The van der Waals surface area contributed by atoms with Crippen molar-refractivity contribution in [3.63, 3.8) is 0 Å². The molecular formula is C24H22N2O4S2. The van der Waals surface area contributed by atoms with Crippen molar-refractivity contribution < 1.29 is 13.9 Å². The van der Waals surface area contributed by atoms with Crippen molar-refractivity contribution in [3.8, 4) is 5.69 Å². The van der Waals surface area contributed by atoms with E-state index in [9.17, 15) is 9.59 Å². The van der Waals surface area contributed by atoms with Crippen molar-refractivity contribution in [1.29, 1.82) is 0 Å². The van der Waals surface area contributed by atoms with Gasteiger partial charge in [0.1, 0.15) is 10.6 Å². The number of thiophene rings is 1. The molecule has 8 heteroatoms. The van der Waals surface area contributed by atoms with Gasteiger partial charge < -0.3 is 9.15 Å². The zero-order valence-corrected chi connectivity index (χ0v) is 19.4. The van der Waals surface area contributed by atoms with Gasteiger partial charge in [-0.2, -0.15) is 0 Å². The molecule has 0 N–H and O–H groups in total. The number of benzene rings is 1. The van der Waals surface area contributed by atoms with Crippen LogP contribution in [0.15, 0.2) is 56.8 Å². The van der Waals surface area contributed by atoms with Gasteiger partial charge in [0.2, 0.25) is 5.76 Å². The minimum atomic E-state index is -0.515. The highest BCUT2D eigenvalue weighted by Crippen LogP contribution is 2.39. The molecule has 1 unspecified atom stereocenters. The molecule has 3 aromatic heterocycles. The lowest BCUT2D eigenvalue weighted by Crippen LogP contribution is -2.22. The summed E-state index contributed by atoms with van der Waals surface area (Å²) in [6.45, 7) is 1.97. The van der Waals surface area contributed by atoms with E-state index in [1.165, 1.54) is 29.3 Å². The van der Waals surface area contributed by atoms with Crippen LogP contribution < -0.4 is 5.56 Å². The molecule has 0 fully saturated rings. The van der Waals surface area contributed by atoms with Gasteiger partial charge in [0.15, 0.2) is 5.16 Å². The van der Waals surface area contributed by atoms with E-state index in [0.717, 1.165) is 41.6 Å². The number of nitrogens with zero attached hydrogens (tertiary/aromatic N) is 2. The molecule has 1 aromatic carbocycles. The summed E-state index contributed by atoms with van der Waals surface area (Å²) >= 11 is 3.08. The normalized spacial score (nSPS) is 14.3. The maximum atomic E-state index is 13.8. The fourth-order valence-corrected chi connectivity index (χ4v) is 6.37. The average Bonchev–Trinajstić information content (AvgIpc) is 3.44. The number of ether oxygens (including phenoxy) is 1. The fraction of sp³-hybridized carbons (Fsp3) is 0.292. The van der Waals surface area contributed by atoms with Gasteiger partial charge in [-0.25, -0.2) is 9.78 Å².